The van der Waals surface area contributed by atoms with Gasteiger partial charge in [-0.05, 0) is 49.6 Å². The van der Waals surface area contributed by atoms with Crippen molar-refractivity contribution in [3.8, 4) is 5.75 Å². The van der Waals surface area contributed by atoms with E-state index < -0.39 is 0 Å². The van der Waals surface area contributed by atoms with Crippen LogP contribution >= 0.6 is 11.6 Å². The highest BCUT2D eigenvalue weighted by Gasteiger charge is 2.15. The van der Waals surface area contributed by atoms with E-state index in [0.29, 0.717) is 6.10 Å². The number of hydrogen-bond donors (Lipinski definition) is 1. The molecule has 0 amide bonds. The Balaban J connectivity index is 2.07. The third-order valence-corrected chi connectivity index (χ3v) is 3.18. The minimum absolute atomic E-state index is 0.306. The molecule has 0 unspecified atom stereocenters. The van der Waals surface area contributed by atoms with Crippen LogP contribution < -0.4 is 10.1 Å². The first-order valence-corrected chi connectivity index (χ1v) is 6.33. The Kier molecular flexibility index (Phi) is 4.08. The summed E-state index contributed by atoms with van der Waals surface area (Å²) in [6.45, 7) is 4.19. The summed E-state index contributed by atoms with van der Waals surface area (Å²) < 4.78 is 6.01. The van der Waals surface area contributed by atoms with Crippen LogP contribution in [-0.4, -0.2) is 19.2 Å². The van der Waals surface area contributed by atoms with Gasteiger partial charge in [0.05, 0.1) is 0 Å². The lowest BCUT2D eigenvalue weighted by atomic mass is 10.1. The van der Waals surface area contributed by atoms with Crippen molar-refractivity contribution in [2.24, 2.45) is 0 Å². The fraction of sp³-hybridized carbons (Fsp3) is 0.538. The van der Waals surface area contributed by atoms with Crippen molar-refractivity contribution in [2.75, 3.05) is 13.1 Å². The number of rotatable bonds is 3. The van der Waals surface area contributed by atoms with Gasteiger partial charge in [0.15, 0.2) is 0 Å². The number of halogens is 1. The highest BCUT2D eigenvalue weighted by Crippen LogP contribution is 2.25. The van der Waals surface area contributed by atoms with E-state index in [-0.39, 0.29) is 0 Å². The minimum Gasteiger partial charge on any atom is -0.489 e. The summed E-state index contributed by atoms with van der Waals surface area (Å²) >= 11 is 5.97. The molecule has 1 aliphatic heterocycles. The van der Waals surface area contributed by atoms with Crippen molar-refractivity contribution < 1.29 is 4.74 Å². The minimum atomic E-state index is 0.306. The van der Waals surface area contributed by atoms with Gasteiger partial charge in [-0.25, -0.2) is 0 Å². The normalized spacial score (nSPS) is 20.8. The number of ether oxygens (including phenoxy) is 1. The van der Waals surface area contributed by atoms with Gasteiger partial charge in [0.25, 0.3) is 0 Å². The SMILES string of the molecule is CCc1cc(Cl)ccc1O[C@H]1CCCNC1. The molecular weight excluding hydrogens is 222 g/mol. The lowest BCUT2D eigenvalue weighted by Crippen LogP contribution is -2.37. The van der Waals surface area contributed by atoms with Crippen LogP contribution in [0.25, 0.3) is 0 Å². The third-order valence-electron chi connectivity index (χ3n) is 2.95. The van der Waals surface area contributed by atoms with Gasteiger partial charge in [-0.3, -0.25) is 0 Å². The van der Waals surface area contributed by atoms with E-state index in [1.165, 1.54) is 12.0 Å². The van der Waals surface area contributed by atoms with E-state index in [9.17, 15) is 0 Å². The number of hydrogen-bond acceptors (Lipinski definition) is 2. The fourth-order valence-corrected chi connectivity index (χ4v) is 2.23. The number of benzene rings is 1. The van der Waals surface area contributed by atoms with Gasteiger partial charge in [-0.1, -0.05) is 18.5 Å². The van der Waals surface area contributed by atoms with Crippen molar-refractivity contribution in [1.29, 1.82) is 0 Å². The smallest absolute Gasteiger partial charge is 0.123 e. The predicted octanol–water partition coefficient (Wildman–Crippen LogP) is 3.03. The second kappa shape index (κ2) is 5.55. The summed E-state index contributed by atoms with van der Waals surface area (Å²) in [5.41, 5.74) is 1.19. The van der Waals surface area contributed by atoms with Gasteiger partial charge in [0, 0.05) is 11.6 Å². The number of aryl methyl sites for hydroxylation is 1. The van der Waals surface area contributed by atoms with Gasteiger partial charge >= 0.3 is 0 Å². The van der Waals surface area contributed by atoms with Gasteiger partial charge in [-0.2, -0.15) is 0 Å². The molecular formula is C13H18ClNO. The molecule has 0 aliphatic carbocycles. The van der Waals surface area contributed by atoms with Crippen LogP contribution in [0.4, 0.5) is 0 Å². The quantitative estimate of drug-likeness (QED) is 0.876. The lowest BCUT2D eigenvalue weighted by molar-refractivity contribution is 0.165. The van der Waals surface area contributed by atoms with Gasteiger partial charge in [0.2, 0.25) is 0 Å². The third kappa shape index (κ3) is 2.89. The highest BCUT2D eigenvalue weighted by molar-refractivity contribution is 6.30. The molecule has 1 aliphatic rings. The average Bonchev–Trinajstić information content (AvgIpc) is 2.33. The maximum atomic E-state index is 6.01. The van der Waals surface area contributed by atoms with Crippen LogP contribution in [0.15, 0.2) is 18.2 Å². The molecule has 1 heterocycles. The van der Waals surface area contributed by atoms with Crippen molar-refractivity contribution in [3.63, 3.8) is 0 Å². The second-order valence-corrected chi connectivity index (χ2v) is 4.63. The van der Waals surface area contributed by atoms with Crippen LogP contribution in [-0.2, 0) is 6.42 Å². The molecule has 0 bridgehead atoms. The molecule has 1 saturated heterocycles. The van der Waals surface area contributed by atoms with Gasteiger partial charge in [-0.15, -0.1) is 0 Å². The molecule has 1 aromatic rings. The second-order valence-electron chi connectivity index (χ2n) is 4.19. The summed E-state index contributed by atoms with van der Waals surface area (Å²) in [5, 5.41) is 4.14. The first kappa shape index (κ1) is 11.7. The molecule has 1 N–H and O–H groups in total. The van der Waals surface area contributed by atoms with E-state index in [0.717, 1.165) is 36.7 Å². The summed E-state index contributed by atoms with van der Waals surface area (Å²) in [6.07, 6.45) is 3.59. The molecule has 88 valence electrons. The van der Waals surface area contributed by atoms with E-state index >= 15 is 0 Å². The van der Waals surface area contributed by atoms with Gasteiger partial charge < -0.3 is 10.1 Å². The molecule has 1 atom stereocenters. The maximum absolute atomic E-state index is 6.01. The zero-order valence-corrected chi connectivity index (χ0v) is 10.4. The van der Waals surface area contributed by atoms with E-state index in [2.05, 4.69) is 12.2 Å². The molecule has 0 radical (unpaired) electrons. The monoisotopic (exact) mass is 239 g/mol. The number of nitrogens with one attached hydrogen (secondary N) is 1. The van der Waals surface area contributed by atoms with Crippen molar-refractivity contribution >= 4 is 11.6 Å². The van der Waals surface area contributed by atoms with Crippen LogP contribution in [0.2, 0.25) is 5.02 Å². The van der Waals surface area contributed by atoms with Crippen molar-refractivity contribution in [1.82, 2.24) is 5.32 Å². The van der Waals surface area contributed by atoms with Crippen molar-refractivity contribution in [3.05, 3.63) is 28.8 Å². The summed E-state index contributed by atoms with van der Waals surface area (Å²) in [4.78, 5) is 0. The Morgan fingerprint density at radius 2 is 2.38 bits per heavy atom. The Labute approximate surface area is 102 Å². The molecule has 1 fully saturated rings. The predicted molar refractivity (Wildman–Crippen MR) is 67.3 cm³/mol. The Morgan fingerprint density at radius 3 is 3.06 bits per heavy atom. The molecule has 0 aromatic heterocycles. The zero-order chi connectivity index (χ0) is 11.4. The van der Waals surface area contributed by atoms with Crippen LogP contribution in [0, 0.1) is 0 Å². The Morgan fingerprint density at radius 1 is 1.50 bits per heavy atom. The van der Waals surface area contributed by atoms with E-state index in [4.69, 9.17) is 16.3 Å². The van der Waals surface area contributed by atoms with E-state index in [1.54, 1.807) is 0 Å². The molecule has 0 saturated carbocycles. The Bertz CT molecular complexity index is 348. The summed E-state index contributed by atoms with van der Waals surface area (Å²) in [7, 11) is 0. The molecule has 16 heavy (non-hydrogen) atoms. The molecule has 3 heteroatoms. The zero-order valence-electron chi connectivity index (χ0n) is 9.63. The first-order chi connectivity index (χ1) is 7.79. The first-order valence-electron chi connectivity index (χ1n) is 5.95. The van der Waals surface area contributed by atoms with Crippen LogP contribution in [0.5, 0.6) is 5.75 Å². The summed E-state index contributed by atoms with van der Waals surface area (Å²) in [5.74, 6) is 0.987. The Hall–Kier alpha value is -0.730. The maximum Gasteiger partial charge on any atom is 0.123 e. The van der Waals surface area contributed by atoms with Crippen LogP contribution in [0.1, 0.15) is 25.3 Å². The standard InChI is InChI=1S/C13H18ClNO/c1-2-10-8-11(14)5-6-13(10)16-12-4-3-7-15-9-12/h5-6,8,12,15H,2-4,7,9H2,1H3/t12-/m0/s1. The van der Waals surface area contributed by atoms with Crippen LogP contribution in [0.3, 0.4) is 0 Å². The number of piperidine rings is 1. The molecule has 1 aromatic carbocycles. The lowest BCUT2D eigenvalue weighted by Gasteiger charge is -2.25. The molecule has 2 nitrogen and oxygen atoms in total. The average molecular weight is 240 g/mol. The topological polar surface area (TPSA) is 21.3 Å². The van der Waals surface area contributed by atoms with Crippen molar-refractivity contribution in [2.45, 2.75) is 32.3 Å². The molecule has 2 rings (SSSR count). The van der Waals surface area contributed by atoms with Gasteiger partial charge in [0.1, 0.15) is 11.9 Å². The fourth-order valence-electron chi connectivity index (χ4n) is 2.04. The molecule has 0 spiro atoms. The summed E-state index contributed by atoms with van der Waals surface area (Å²) in [6, 6.07) is 5.87. The highest BCUT2D eigenvalue weighted by atomic mass is 35.5. The van der Waals surface area contributed by atoms with E-state index in [1.807, 2.05) is 18.2 Å². The largest absolute Gasteiger partial charge is 0.489 e.